The van der Waals surface area contributed by atoms with Crippen LogP contribution in [0.2, 0.25) is 0 Å². The number of nitrogens with one attached hydrogen (secondary N) is 1. The Morgan fingerprint density at radius 3 is 2.91 bits per heavy atom. The van der Waals surface area contributed by atoms with Crippen molar-refractivity contribution in [1.82, 2.24) is 10.3 Å². The van der Waals surface area contributed by atoms with Gasteiger partial charge in [-0.25, -0.2) is 5.43 Å². The van der Waals surface area contributed by atoms with E-state index >= 15 is 0 Å². The van der Waals surface area contributed by atoms with E-state index in [1.165, 1.54) is 19.3 Å². The number of rotatable bonds is 4. The van der Waals surface area contributed by atoms with Crippen molar-refractivity contribution in [2.24, 2.45) is 5.10 Å². The van der Waals surface area contributed by atoms with E-state index in [1.807, 2.05) is 31.2 Å². The molecule has 1 aliphatic heterocycles. The summed E-state index contributed by atoms with van der Waals surface area (Å²) in [5, 5.41) is 5.09. The number of carbonyl (C=O) groups is 1. The third kappa shape index (κ3) is 3.36. The van der Waals surface area contributed by atoms with Crippen LogP contribution < -0.4 is 5.43 Å². The number of benzene rings is 1. The minimum atomic E-state index is -0.0661. The predicted octanol–water partition coefficient (Wildman–Crippen LogP) is 2.68. The van der Waals surface area contributed by atoms with E-state index in [0.29, 0.717) is 6.54 Å². The number of hydrogen-bond acceptors (Lipinski definition) is 4. The molecule has 0 unspecified atom stereocenters. The van der Waals surface area contributed by atoms with E-state index in [9.17, 15) is 4.79 Å². The molecule has 2 aromatic rings. The molecule has 1 N–H and O–H groups in total. The quantitative estimate of drug-likeness (QED) is 0.697. The normalized spacial score (nSPS) is 16.4. The first-order valence-corrected chi connectivity index (χ1v) is 7.76. The Balaban J connectivity index is 1.61. The maximum Gasteiger partial charge on any atom is 0.254 e. The van der Waals surface area contributed by atoms with E-state index in [2.05, 4.69) is 15.4 Å². The minimum absolute atomic E-state index is 0.0661. The summed E-state index contributed by atoms with van der Waals surface area (Å²) in [5.74, 6) is 0.735. The van der Waals surface area contributed by atoms with Crippen molar-refractivity contribution in [2.45, 2.75) is 26.2 Å². The fourth-order valence-corrected chi connectivity index (χ4v) is 2.87. The number of hydrogen-bond donors (Lipinski definition) is 1. The third-order valence-corrected chi connectivity index (χ3v) is 4.02. The molecule has 1 aliphatic rings. The van der Waals surface area contributed by atoms with Gasteiger partial charge in [0.25, 0.3) is 5.91 Å². The SMILES string of the molecule is Cc1oc2ccccc2c1/C=N\NC(=O)CN1CCCCC1. The van der Waals surface area contributed by atoms with Gasteiger partial charge in [0.2, 0.25) is 0 Å². The zero-order valence-electron chi connectivity index (χ0n) is 12.8. The van der Waals surface area contributed by atoms with Crippen molar-refractivity contribution >= 4 is 23.1 Å². The summed E-state index contributed by atoms with van der Waals surface area (Å²) < 4.78 is 5.67. The summed E-state index contributed by atoms with van der Waals surface area (Å²) in [7, 11) is 0. The maximum atomic E-state index is 11.9. The van der Waals surface area contributed by atoms with Crippen LogP contribution in [0.25, 0.3) is 11.0 Å². The molecule has 1 amide bonds. The van der Waals surface area contributed by atoms with Crippen LogP contribution in [0.15, 0.2) is 33.8 Å². The molecule has 5 heteroatoms. The second-order valence-electron chi connectivity index (χ2n) is 5.70. The van der Waals surface area contributed by atoms with Crippen LogP contribution in [0.1, 0.15) is 30.6 Å². The highest BCUT2D eigenvalue weighted by atomic mass is 16.3. The Labute approximate surface area is 130 Å². The van der Waals surface area contributed by atoms with Gasteiger partial charge in [0.15, 0.2) is 0 Å². The number of amides is 1. The third-order valence-electron chi connectivity index (χ3n) is 4.02. The van der Waals surface area contributed by atoms with Crippen molar-refractivity contribution in [3.05, 3.63) is 35.6 Å². The fraction of sp³-hybridized carbons (Fsp3) is 0.412. The van der Waals surface area contributed by atoms with E-state index in [4.69, 9.17) is 4.42 Å². The molecule has 2 heterocycles. The van der Waals surface area contributed by atoms with Crippen LogP contribution in [0.3, 0.4) is 0 Å². The number of likely N-dealkylation sites (tertiary alicyclic amines) is 1. The Hall–Kier alpha value is -2.14. The number of piperidine rings is 1. The van der Waals surface area contributed by atoms with E-state index in [-0.39, 0.29) is 5.91 Å². The van der Waals surface area contributed by atoms with Gasteiger partial charge < -0.3 is 4.42 Å². The molecule has 1 saturated heterocycles. The molecule has 0 spiro atoms. The Morgan fingerprint density at radius 1 is 1.32 bits per heavy atom. The van der Waals surface area contributed by atoms with Crippen molar-refractivity contribution in [1.29, 1.82) is 0 Å². The standard InChI is InChI=1S/C17H21N3O2/c1-13-15(14-7-3-4-8-16(14)22-13)11-18-19-17(21)12-20-9-5-2-6-10-20/h3-4,7-8,11H,2,5-6,9-10,12H2,1H3,(H,19,21)/b18-11-. The van der Waals surface area contributed by atoms with E-state index < -0.39 is 0 Å². The summed E-state index contributed by atoms with van der Waals surface area (Å²) in [6, 6.07) is 7.81. The van der Waals surface area contributed by atoms with Crippen molar-refractivity contribution < 1.29 is 9.21 Å². The molecule has 0 bridgehead atoms. The second kappa shape index (κ2) is 6.75. The molecule has 0 radical (unpaired) electrons. The summed E-state index contributed by atoms with van der Waals surface area (Å²) in [6.07, 6.45) is 5.28. The summed E-state index contributed by atoms with van der Waals surface area (Å²) >= 11 is 0. The van der Waals surface area contributed by atoms with Gasteiger partial charge in [-0.1, -0.05) is 24.6 Å². The highest BCUT2D eigenvalue weighted by molar-refractivity contribution is 5.99. The highest BCUT2D eigenvalue weighted by Crippen LogP contribution is 2.23. The lowest BCUT2D eigenvalue weighted by Gasteiger charge is -2.25. The number of furan rings is 1. The predicted molar refractivity (Wildman–Crippen MR) is 87.0 cm³/mol. The Bertz CT molecular complexity index is 684. The van der Waals surface area contributed by atoms with Crippen molar-refractivity contribution in [3.8, 4) is 0 Å². The van der Waals surface area contributed by atoms with Crippen LogP contribution in [0, 0.1) is 6.92 Å². The number of para-hydroxylation sites is 1. The maximum absolute atomic E-state index is 11.9. The molecular formula is C17H21N3O2. The average Bonchev–Trinajstić information content (AvgIpc) is 2.84. The monoisotopic (exact) mass is 299 g/mol. The second-order valence-corrected chi connectivity index (χ2v) is 5.70. The van der Waals surface area contributed by atoms with E-state index in [1.54, 1.807) is 6.21 Å². The molecule has 0 atom stereocenters. The van der Waals surface area contributed by atoms with Gasteiger partial charge in [-0.15, -0.1) is 0 Å². The lowest BCUT2D eigenvalue weighted by Crippen LogP contribution is -2.38. The molecule has 22 heavy (non-hydrogen) atoms. The Morgan fingerprint density at radius 2 is 2.09 bits per heavy atom. The largest absolute Gasteiger partial charge is 0.461 e. The first-order valence-electron chi connectivity index (χ1n) is 7.76. The minimum Gasteiger partial charge on any atom is -0.461 e. The molecule has 1 fully saturated rings. The van der Waals surface area contributed by atoms with Gasteiger partial charge in [-0.05, 0) is 38.9 Å². The smallest absolute Gasteiger partial charge is 0.254 e. The van der Waals surface area contributed by atoms with Crippen LogP contribution in [0.5, 0.6) is 0 Å². The molecule has 0 aliphatic carbocycles. The number of hydrazone groups is 1. The molecule has 0 saturated carbocycles. The lowest BCUT2D eigenvalue weighted by atomic mass is 10.1. The molecular weight excluding hydrogens is 278 g/mol. The van der Waals surface area contributed by atoms with Crippen LogP contribution in [0.4, 0.5) is 0 Å². The van der Waals surface area contributed by atoms with E-state index in [0.717, 1.165) is 35.4 Å². The Kier molecular flexibility index (Phi) is 4.53. The van der Waals surface area contributed by atoms with Crippen molar-refractivity contribution in [2.75, 3.05) is 19.6 Å². The fourth-order valence-electron chi connectivity index (χ4n) is 2.87. The molecule has 116 valence electrons. The molecule has 1 aromatic carbocycles. The zero-order valence-corrected chi connectivity index (χ0v) is 12.8. The van der Waals surface area contributed by atoms with Gasteiger partial charge in [-0.3, -0.25) is 9.69 Å². The lowest BCUT2D eigenvalue weighted by molar-refractivity contribution is -0.122. The number of carbonyl (C=O) groups excluding carboxylic acids is 1. The van der Waals surface area contributed by atoms with Crippen LogP contribution in [-0.2, 0) is 4.79 Å². The van der Waals surface area contributed by atoms with Gasteiger partial charge in [0, 0.05) is 10.9 Å². The molecule has 1 aromatic heterocycles. The number of fused-ring (bicyclic) bond motifs is 1. The highest BCUT2D eigenvalue weighted by Gasteiger charge is 2.13. The molecule has 3 rings (SSSR count). The first-order chi connectivity index (χ1) is 10.7. The summed E-state index contributed by atoms with van der Waals surface area (Å²) in [6.45, 7) is 4.32. The van der Waals surface area contributed by atoms with Gasteiger partial charge in [-0.2, -0.15) is 5.10 Å². The van der Waals surface area contributed by atoms with Crippen LogP contribution in [-0.4, -0.2) is 36.7 Å². The van der Waals surface area contributed by atoms with Gasteiger partial charge >= 0.3 is 0 Å². The van der Waals surface area contributed by atoms with Gasteiger partial charge in [0.05, 0.1) is 12.8 Å². The zero-order chi connectivity index (χ0) is 15.4. The number of nitrogens with zero attached hydrogens (tertiary/aromatic N) is 2. The first kappa shape index (κ1) is 14.8. The topological polar surface area (TPSA) is 57.8 Å². The summed E-state index contributed by atoms with van der Waals surface area (Å²) in [4.78, 5) is 14.1. The average molecular weight is 299 g/mol. The number of aryl methyl sites for hydroxylation is 1. The van der Waals surface area contributed by atoms with Gasteiger partial charge in [0.1, 0.15) is 11.3 Å². The molecule has 5 nitrogen and oxygen atoms in total. The summed E-state index contributed by atoms with van der Waals surface area (Å²) in [5.41, 5.74) is 4.35. The van der Waals surface area contributed by atoms with Crippen LogP contribution >= 0.6 is 0 Å². The van der Waals surface area contributed by atoms with Crippen molar-refractivity contribution in [3.63, 3.8) is 0 Å².